The smallest absolute Gasteiger partial charge is 0.145 e. The Morgan fingerprint density at radius 1 is 0.971 bits per heavy atom. The number of aliphatic imine (C=N–C) groups is 1. The molecule has 2 aromatic heterocycles. The molecule has 3 aromatic carbocycles. The highest BCUT2D eigenvalue weighted by Gasteiger charge is 2.35. The van der Waals surface area contributed by atoms with Crippen molar-refractivity contribution in [3.05, 3.63) is 108 Å². The number of nitrogens with zero attached hydrogens (tertiary/aromatic N) is 3. The molecular weight excluding hydrogens is 430 g/mol. The van der Waals surface area contributed by atoms with Gasteiger partial charge in [-0.3, -0.25) is 9.56 Å². The number of hydrogen-bond donors (Lipinski definition) is 0. The van der Waals surface area contributed by atoms with E-state index in [4.69, 9.17) is 9.72 Å². The average Bonchev–Trinajstić information content (AvgIpc) is 3.21. The third-order valence-corrected chi connectivity index (χ3v) is 7.09. The Hall–Kier alpha value is -4.18. The molecule has 3 heterocycles. The minimum Gasteiger partial charge on any atom is -0.457 e. The molecule has 0 bridgehead atoms. The van der Waals surface area contributed by atoms with E-state index >= 15 is 0 Å². The van der Waals surface area contributed by atoms with Gasteiger partial charge in [0.25, 0.3) is 0 Å². The van der Waals surface area contributed by atoms with Gasteiger partial charge in [-0.05, 0) is 53.4 Å². The summed E-state index contributed by atoms with van der Waals surface area (Å²) < 4.78 is 8.69. The summed E-state index contributed by atoms with van der Waals surface area (Å²) in [5, 5.41) is 2.40. The van der Waals surface area contributed by atoms with Crippen molar-refractivity contribution in [1.29, 1.82) is 0 Å². The molecule has 0 N–H and O–H groups in total. The molecule has 0 aliphatic carbocycles. The molecule has 6 rings (SSSR count). The second-order valence-corrected chi connectivity index (χ2v) is 9.46. The van der Waals surface area contributed by atoms with E-state index < -0.39 is 0 Å². The van der Waals surface area contributed by atoms with Crippen molar-refractivity contribution in [2.45, 2.75) is 32.6 Å². The van der Waals surface area contributed by atoms with Gasteiger partial charge in [-0.15, -0.1) is 0 Å². The van der Waals surface area contributed by atoms with Crippen LogP contribution in [0.5, 0.6) is 11.5 Å². The molecule has 5 aromatic rings. The predicted octanol–water partition coefficient (Wildman–Crippen LogP) is 7.95. The van der Waals surface area contributed by atoms with Gasteiger partial charge in [0, 0.05) is 40.4 Å². The predicted molar refractivity (Wildman–Crippen MR) is 144 cm³/mol. The highest BCUT2D eigenvalue weighted by Crippen LogP contribution is 2.47. The molecule has 0 amide bonds. The van der Waals surface area contributed by atoms with Crippen molar-refractivity contribution in [2.75, 3.05) is 0 Å². The second-order valence-electron chi connectivity index (χ2n) is 9.46. The van der Waals surface area contributed by atoms with E-state index in [1.807, 2.05) is 30.5 Å². The van der Waals surface area contributed by atoms with E-state index in [0.717, 1.165) is 40.5 Å². The van der Waals surface area contributed by atoms with Crippen molar-refractivity contribution in [1.82, 2.24) is 9.55 Å². The lowest BCUT2D eigenvalue weighted by Crippen LogP contribution is -2.26. The van der Waals surface area contributed by atoms with Gasteiger partial charge >= 0.3 is 0 Å². The van der Waals surface area contributed by atoms with Gasteiger partial charge in [-0.25, -0.2) is 4.98 Å². The first-order valence-corrected chi connectivity index (χ1v) is 12.0. The summed E-state index contributed by atoms with van der Waals surface area (Å²) in [4.78, 5) is 9.20. The quantitative estimate of drug-likeness (QED) is 0.251. The summed E-state index contributed by atoms with van der Waals surface area (Å²) in [5.41, 5.74) is 7.77. The molecule has 0 atom stereocenters. The van der Waals surface area contributed by atoms with Gasteiger partial charge in [0.05, 0.1) is 11.2 Å². The third-order valence-electron chi connectivity index (χ3n) is 7.09. The van der Waals surface area contributed by atoms with Gasteiger partial charge < -0.3 is 4.74 Å². The SMILES string of the molecule is C=CN=C(CC)c1cccc(Oc2ccc3c(c2)-n2c4ncccc4c4cccc(c42)C3(C)C)c1. The highest BCUT2D eigenvalue weighted by molar-refractivity contribution is 6.10. The van der Waals surface area contributed by atoms with E-state index in [1.165, 1.54) is 27.4 Å². The molecular formula is C31H27N3O. The zero-order chi connectivity index (χ0) is 24.2. The van der Waals surface area contributed by atoms with Crippen LogP contribution in [0, 0.1) is 0 Å². The summed E-state index contributed by atoms with van der Waals surface area (Å²) >= 11 is 0. The van der Waals surface area contributed by atoms with E-state index in [0.29, 0.717) is 0 Å². The molecule has 0 saturated carbocycles. The van der Waals surface area contributed by atoms with Crippen LogP contribution in [0.15, 0.2) is 96.8 Å². The minimum atomic E-state index is -0.144. The molecule has 1 aliphatic rings. The Morgan fingerprint density at radius 3 is 2.60 bits per heavy atom. The molecule has 172 valence electrons. The van der Waals surface area contributed by atoms with Crippen LogP contribution in [0.2, 0.25) is 0 Å². The van der Waals surface area contributed by atoms with E-state index in [9.17, 15) is 0 Å². The lowest BCUT2D eigenvalue weighted by molar-refractivity contribution is 0.481. The maximum atomic E-state index is 6.38. The summed E-state index contributed by atoms with van der Waals surface area (Å²) in [6, 6.07) is 25.2. The van der Waals surface area contributed by atoms with Crippen LogP contribution in [0.1, 0.15) is 43.9 Å². The zero-order valence-electron chi connectivity index (χ0n) is 20.2. The summed E-state index contributed by atoms with van der Waals surface area (Å²) in [5.74, 6) is 1.57. The van der Waals surface area contributed by atoms with Gasteiger partial charge in [0.15, 0.2) is 0 Å². The third kappa shape index (κ3) is 3.21. The van der Waals surface area contributed by atoms with Crippen LogP contribution in [0.3, 0.4) is 0 Å². The average molecular weight is 458 g/mol. The fraction of sp³-hybridized carbons (Fsp3) is 0.161. The lowest BCUT2D eigenvalue weighted by atomic mass is 9.74. The maximum Gasteiger partial charge on any atom is 0.145 e. The summed E-state index contributed by atoms with van der Waals surface area (Å²) in [6.45, 7) is 10.4. The molecule has 4 nitrogen and oxygen atoms in total. The number of ether oxygens (including phenoxy) is 1. The number of fused-ring (bicyclic) bond motifs is 5. The molecule has 0 saturated heterocycles. The van der Waals surface area contributed by atoms with Crippen LogP contribution < -0.4 is 4.74 Å². The Balaban J connectivity index is 1.52. The first-order chi connectivity index (χ1) is 17.0. The first kappa shape index (κ1) is 21.4. The topological polar surface area (TPSA) is 39.4 Å². The Kier molecular flexibility index (Phi) is 4.85. The molecule has 0 radical (unpaired) electrons. The Bertz CT molecular complexity index is 1660. The van der Waals surface area contributed by atoms with Crippen LogP contribution in [0.25, 0.3) is 27.6 Å². The lowest BCUT2D eigenvalue weighted by Gasteiger charge is -2.34. The molecule has 0 spiro atoms. The van der Waals surface area contributed by atoms with E-state index in [-0.39, 0.29) is 5.41 Å². The molecule has 35 heavy (non-hydrogen) atoms. The van der Waals surface area contributed by atoms with Crippen molar-refractivity contribution >= 4 is 27.6 Å². The number of aromatic nitrogens is 2. The van der Waals surface area contributed by atoms with E-state index in [1.54, 1.807) is 6.20 Å². The van der Waals surface area contributed by atoms with Crippen molar-refractivity contribution in [3.8, 4) is 17.2 Å². The van der Waals surface area contributed by atoms with Crippen LogP contribution in [-0.4, -0.2) is 15.3 Å². The van der Waals surface area contributed by atoms with Crippen molar-refractivity contribution in [2.24, 2.45) is 4.99 Å². The van der Waals surface area contributed by atoms with Crippen LogP contribution in [0.4, 0.5) is 0 Å². The standard InChI is InChI=1S/C31H27N3O/c1-5-27(32-6-2)20-10-7-11-21(18-20)35-22-15-16-25-28(19-22)34-29-23(24-13-9-17-33-30(24)34)12-8-14-26(29)31(25,3)4/h6-19H,2,5H2,1,3-4H3. The number of pyridine rings is 1. The van der Waals surface area contributed by atoms with E-state index in [2.05, 4.69) is 85.4 Å². The molecule has 0 fully saturated rings. The van der Waals surface area contributed by atoms with Gasteiger partial charge in [-0.1, -0.05) is 63.7 Å². The fourth-order valence-electron chi connectivity index (χ4n) is 5.42. The van der Waals surface area contributed by atoms with Crippen LogP contribution >= 0.6 is 0 Å². The number of rotatable bonds is 5. The number of para-hydroxylation sites is 1. The van der Waals surface area contributed by atoms with Gasteiger partial charge in [0.2, 0.25) is 0 Å². The summed E-state index contributed by atoms with van der Waals surface area (Å²) in [7, 11) is 0. The normalized spacial score (nSPS) is 14.2. The zero-order valence-corrected chi connectivity index (χ0v) is 20.2. The molecule has 0 unspecified atom stereocenters. The van der Waals surface area contributed by atoms with Gasteiger partial charge in [-0.2, -0.15) is 0 Å². The second kappa shape index (κ2) is 7.95. The molecule has 1 aliphatic heterocycles. The number of hydrogen-bond acceptors (Lipinski definition) is 3. The first-order valence-electron chi connectivity index (χ1n) is 12.0. The maximum absolute atomic E-state index is 6.38. The van der Waals surface area contributed by atoms with Gasteiger partial charge in [0.1, 0.15) is 17.1 Å². The minimum absolute atomic E-state index is 0.144. The van der Waals surface area contributed by atoms with Crippen molar-refractivity contribution < 1.29 is 4.74 Å². The Labute approximate surface area is 205 Å². The molecule has 4 heteroatoms. The summed E-state index contributed by atoms with van der Waals surface area (Å²) in [6.07, 6.45) is 4.28. The highest BCUT2D eigenvalue weighted by atomic mass is 16.5. The van der Waals surface area contributed by atoms with Crippen LogP contribution in [-0.2, 0) is 5.41 Å². The number of benzene rings is 3. The van der Waals surface area contributed by atoms with Crippen molar-refractivity contribution in [3.63, 3.8) is 0 Å². The Morgan fingerprint density at radius 2 is 1.77 bits per heavy atom. The largest absolute Gasteiger partial charge is 0.457 e. The fourth-order valence-corrected chi connectivity index (χ4v) is 5.42. The monoisotopic (exact) mass is 457 g/mol.